The number of esters is 1. The van der Waals surface area contributed by atoms with Crippen molar-refractivity contribution in [1.29, 1.82) is 0 Å². The number of carbonyl (C=O) groups excluding carboxylic acids is 4. The molecule has 13 nitrogen and oxygen atoms in total. The van der Waals surface area contributed by atoms with Gasteiger partial charge in [-0.1, -0.05) is 45.4 Å². The van der Waals surface area contributed by atoms with Gasteiger partial charge in [0.1, 0.15) is 24.0 Å². The molecule has 312 valence electrons. The van der Waals surface area contributed by atoms with Crippen molar-refractivity contribution in [2.75, 3.05) is 20.8 Å². The van der Waals surface area contributed by atoms with Crippen molar-refractivity contribution in [3.63, 3.8) is 0 Å². The predicted octanol–water partition coefficient (Wildman–Crippen LogP) is 3.82. The standard InChI is InChI=1S/C42H67NO12/c1-9-29-17-23(2)16-24(3)18-35(53-8)37(47)36-20-26(5)42(51,55-36)39(48)40(49)43-15-11-10-12-30(43)41(50)54-38(27(6)32(45)22-33(29)46)25(4)19-28-13-14-31(44)34(21-28)52-7/h17,19,24,26-32,34-38,44-45,47,51H,9-16,18,20-22H2,1-8H3/b23-17+,25-19+/t24-,26+,27-,28-,29+,30-,31+,32-,34+,35-,36+,37-,38+,42+/m0/s1. The fourth-order valence-corrected chi connectivity index (χ4v) is 9.17. The summed E-state index contributed by atoms with van der Waals surface area (Å²) in [5.74, 6) is -7.73. The van der Waals surface area contributed by atoms with E-state index in [0.717, 1.165) is 10.5 Å². The van der Waals surface area contributed by atoms with Crippen LogP contribution in [0.25, 0.3) is 0 Å². The number of aliphatic hydroxyl groups is 4. The molecule has 0 radical (unpaired) electrons. The van der Waals surface area contributed by atoms with Crippen LogP contribution in [0.5, 0.6) is 0 Å². The molecule has 2 saturated heterocycles. The second-order valence-electron chi connectivity index (χ2n) is 16.9. The van der Waals surface area contributed by atoms with Crippen LogP contribution >= 0.6 is 0 Å². The van der Waals surface area contributed by atoms with Crippen molar-refractivity contribution < 1.29 is 58.6 Å². The van der Waals surface area contributed by atoms with Gasteiger partial charge in [0.05, 0.1) is 30.5 Å². The maximum atomic E-state index is 14.2. The van der Waals surface area contributed by atoms with Crippen LogP contribution in [0.15, 0.2) is 23.3 Å². The van der Waals surface area contributed by atoms with Gasteiger partial charge in [-0.15, -0.1) is 0 Å². The van der Waals surface area contributed by atoms with E-state index in [9.17, 15) is 39.6 Å². The molecule has 14 atom stereocenters. The van der Waals surface area contributed by atoms with E-state index in [1.54, 1.807) is 21.0 Å². The number of fused-ring (bicyclic) bond motifs is 3. The molecule has 0 aromatic carbocycles. The average Bonchev–Trinajstić information content (AvgIpc) is 3.47. The number of methoxy groups -OCH3 is 2. The minimum absolute atomic E-state index is 0.00613. The van der Waals surface area contributed by atoms with Crippen molar-refractivity contribution in [1.82, 2.24) is 4.90 Å². The number of piperidine rings is 1. The number of aliphatic hydroxyl groups excluding tert-OH is 3. The van der Waals surface area contributed by atoms with Crippen molar-refractivity contribution in [2.24, 2.45) is 29.6 Å². The average molecular weight is 778 g/mol. The topological polar surface area (TPSA) is 189 Å². The molecule has 2 bridgehead atoms. The van der Waals surface area contributed by atoms with Crippen molar-refractivity contribution in [3.05, 3.63) is 23.3 Å². The second-order valence-corrected chi connectivity index (χ2v) is 16.9. The van der Waals surface area contributed by atoms with Crippen molar-refractivity contribution in [2.45, 2.75) is 167 Å². The summed E-state index contributed by atoms with van der Waals surface area (Å²) in [6.07, 6.45) is 2.46. The Morgan fingerprint density at radius 2 is 1.64 bits per heavy atom. The molecule has 3 aliphatic heterocycles. The number of allylic oxidation sites excluding steroid dienone is 3. The predicted molar refractivity (Wildman–Crippen MR) is 203 cm³/mol. The van der Waals surface area contributed by atoms with Gasteiger partial charge in [0, 0.05) is 44.9 Å². The summed E-state index contributed by atoms with van der Waals surface area (Å²) in [5, 5.41) is 45.1. The highest BCUT2D eigenvalue weighted by Gasteiger charge is 2.57. The first-order valence-electron chi connectivity index (χ1n) is 20.4. The molecule has 4 N–H and O–H groups in total. The monoisotopic (exact) mass is 777 g/mol. The van der Waals surface area contributed by atoms with Gasteiger partial charge in [-0.25, -0.2) is 4.79 Å². The van der Waals surface area contributed by atoms with Gasteiger partial charge in [0.2, 0.25) is 5.79 Å². The third kappa shape index (κ3) is 10.7. The summed E-state index contributed by atoms with van der Waals surface area (Å²) >= 11 is 0. The number of ether oxygens (including phenoxy) is 4. The molecule has 4 aliphatic rings. The number of carbonyl (C=O) groups is 4. The van der Waals surface area contributed by atoms with E-state index < -0.39 is 83.9 Å². The second kappa shape index (κ2) is 19.8. The van der Waals surface area contributed by atoms with Crippen LogP contribution in [0.4, 0.5) is 0 Å². The van der Waals surface area contributed by atoms with E-state index in [1.807, 2.05) is 39.8 Å². The number of rotatable bonds is 5. The number of hydrogen-bond donors (Lipinski definition) is 4. The summed E-state index contributed by atoms with van der Waals surface area (Å²) in [6.45, 7) is 11.1. The molecule has 0 aromatic heterocycles. The Labute approximate surface area is 326 Å². The third-order valence-electron chi connectivity index (χ3n) is 12.6. The Bertz CT molecular complexity index is 1410. The molecule has 3 fully saturated rings. The van der Waals surface area contributed by atoms with Gasteiger partial charge < -0.3 is 44.3 Å². The summed E-state index contributed by atoms with van der Waals surface area (Å²) in [5.41, 5.74) is 1.63. The number of cyclic esters (lactones) is 1. The lowest BCUT2D eigenvalue weighted by Gasteiger charge is -2.38. The summed E-state index contributed by atoms with van der Waals surface area (Å²) in [6, 6.07) is -1.15. The van der Waals surface area contributed by atoms with Crippen LogP contribution in [0.1, 0.15) is 112 Å². The van der Waals surface area contributed by atoms with Gasteiger partial charge in [-0.05, 0) is 95.5 Å². The maximum absolute atomic E-state index is 14.2. The van der Waals surface area contributed by atoms with E-state index >= 15 is 0 Å². The zero-order valence-corrected chi connectivity index (χ0v) is 34.1. The summed E-state index contributed by atoms with van der Waals surface area (Å²) in [7, 11) is 3.03. The zero-order valence-electron chi connectivity index (χ0n) is 34.1. The van der Waals surface area contributed by atoms with Crippen LogP contribution in [-0.4, -0.2) is 124 Å². The maximum Gasteiger partial charge on any atom is 0.329 e. The van der Waals surface area contributed by atoms with Gasteiger partial charge in [0.25, 0.3) is 11.7 Å². The summed E-state index contributed by atoms with van der Waals surface area (Å²) < 4.78 is 23.3. The number of nitrogens with zero attached hydrogens (tertiary/aromatic N) is 1. The molecule has 55 heavy (non-hydrogen) atoms. The fraction of sp³-hybridized carbons (Fsp3) is 0.810. The minimum Gasteiger partial charge on any atom is -0.456 e. The lowest BCUT2D eigenvalue weighted by Crippen LogP contribution is -2.57. The summed E-state index contributed by atoms with van der Waals surface area (Å²) in [4.78, 5) is 56.9. The smallest absolute Gasteiger partial charge is 0.329 e. The number of ketones is 2. The van der Waals surface area contributed by atoms with Gasteiger partial charge in [-0.2, -0.15) is 0 Å². The van der Waals surface area contributed by atoms with E-state index in [4.69, 9.17) is 18.9 Å². The molecule has 1 saturated carbocycles. The Morgan fingerprint density at radius 1 is 0.945 bits per heavy atom. The number of hydrogen-bond acceptors (Lipinski definition) is 12. The Balaban J connectivity index is 1.73. The van der Waals surface area contributed by atoms with Crippen LogP contribution in [-0.2, 0) is 38.1 Å². The molecule has 0 spiro atoms. The minimum atomic E-state index is -2.52. The fourth-order valence-electron chi connectivity index (χ4n) is 9.17. The highest BCUT2D eigenvalue weighted by atomic mass is 16.7. The lowest BCUT2D eigenvalue weighted by molar-refractivity contribution is -0.225. The van der Waals surface area contributed by atoms with E-state index in [-0.39, 0.29) is 49.5 Å². The molecule has 0 unspecified atom stereocenters. The largest absolute Gasteiger partial charge is 0.456 e. The molecule has 13 heteroatoms. The Morgan fingerprint density at radius 3 is 2.29 bits per heavy atom. The van der Waals surface area contributed by atoms with Crippen LogP contribution < -0.4 is 0 Å². The Hall–Kier alpha value is -2.52. The first-order chi connectivity index (χ1) is 25.9. The normalized spacial score (nSPS) is 42.1. The quantitative estimate of drug-likeness (QED) is 0.180. The van der Waals surface area contributed by atoms with E-state index in [0.29, 0.717) is 56.9 Å². The zero-order chi connectivity index (χ0) is 40.8. The van der Waals surface area contributed by atoms with Gasteiger partial charge in [0.15, 0.2) is 0 Å². The van der Waals surface area contributed by atoms with Crippen LogP contribution in [0, 0.1) is 29.6 Å². The molecule has 1 amide bonds. The molecule has 4 rings (SSSR count). The molecular formula is C42H67NO12. The lowest BCUT2D eigenvalue weighted by atomic mass is 9.81. The van der Waals surface area contributed by atoms with Gasteiger partial charge >= 0.3 is 5.97 Å². The van der Waals surface area contributed by atoms with Crippen LogP contribution in [0.2, 0.25) is 0 Å². The third-order valence-corrected chi connectivity index (χ3v) is 12.6. The molecular weight excluding hydrogens is 710 g/mol. The van der Waals surface area contributed by atoms with Crippen molar-refractivity contribution in [3.8, 4) is 0 Å². The SMILES string of the molecule is CC[C@@H]1/C=C(\C)C[C@H](C)C[C@H](OC)[C@H](O)[C@H]2C[C@@H](C)[C@@](O)(O2)C(=O)C(=O)N2CCCC[C@H]2C(=O)O[C@H](/C(C)=C/[C@@H]2CC[C@@H](O)[C@H](OC)C2)[C@@H](C)[C@@H](O)CC1=O. The van der Waals surface area contributed by atoms with E-state index in [2.05, 4.69) is 0 Å². The number of Topliss-reactive ketones (excluding diaryl/α,β-unsaturated/α-hetero) is 2. The Kier molecular flexibility index (Phi) is 16.2. The first kappa shape index (κ1) is 45.2. The molecule has 0 aromatic rings. The highest BCUT2D eigenvalue weighted by molar-refractivity contribution is 6.39. The van der Waals surface area contributed by atoms with Gasteiger partial charge in [-0.3, -0.25) is 14.4 Å². The van der Waals surface area contributed by atoms with Crippen LogP contribution in [0.3, 0.4) is 0 Å². The van der Waals surface area contributed by atoms with E-state index in [1.165, 1.54) is 7.11 Å². The first-order valence-corrected chi connectivity index (χ1v) is 20.4. The van der Waals surface area contributed by atoms with Crippen molar-refractivity contribution >= 4 is 23.4 Å². The highest BCUT2D eigenvalue weighted by Crippen LogP contribution is 2.39. The molecule has 3 heterocycles. The molecule has 1 aliphatic carbocycles. The number of amides is 1.